The maximum Gasteiger partial charge on any atom is 0.261 e. The summed E-state index contributed by atoms with van der Waals surface area (Å²) in [5.74, 6) is -0.798. The van der Waals surface area contributed by atoms with Crippen LogP contribution in [0.2, 0.25) is 0 Å². The van der Waals surface area contributed by atoms with E-state index in [9.17, 15) is 17.6 Å². The van der Waals surface area contributed by atoms with E-state index in [1.807, 2.05) is 0 Å². The van der Waals surface area contributed by atoms with Crippen LogP contribution < -0.4 is 14.8 Å². The van der Waals surface area contributed by atoms with Crippen LogP contribution in [-0.4, -0.2) is 21.4 Å². The number of ether oxygens (including phenoxy) is 1. The fourth-order valence-corrected chi connectivity index (χ4v) is 3.88. The normalized spacial score (nSPS) is 12.1. The van der Waals surface area contributed by atoms with Gasteiger partial charge in [0.25, 0.3) is 15.9 Å². The molecule has 0 spiro atoms. The molecule has 0 aliphatic rings. The molecular weight excluding hydrogens is 407 g/mol. The van der Waals surface area contributed by atoms with Crippen LogP contribution in [0.15, 0.2) is 77.7 Å². The largest absolute Gasteiger partial charge is 0.494 e. The van der Waals surface area contributed by atoms with E-state index in [0.29, 0.717) is 11.3 Å². The number of para-hydroxylation sites is 1. The first-order chi connectivity index (χ1) is 14.3. The maximum atomic E-state index is 13.9. The molecule has 0 bridgehead atoms. The lowest BCUT2D eigenvalue weighted by Gasteiger charge is -2.15. The zero-order valence-electron chi connectivity index (χ0n) is 16.4. The number of carbonyl (C=O) groups is 1. The number of hydrogen-bond acceptors (Lipinski definition) is 4. The highest BCUT2D eigenvalue weighted by molar-refractivity contribution is 7.92. The topological polar surface area (TPSA) is 84.5 Å². The molecule has 3 aromatic carbocycles. The molecule has 0 radical (unpaired) electrons. The Kier molecular flexibility index (Phi) is 6.37. The Hall–Kier alpha value is -3.39. The Morgan fingerprint density at radius 1 is 1.00 bits per heavy atom. The van der Waals surface area contributed by atoms with Crippen molar-refractivity contribution in [3.8, 4) is 5.75 Å². The highest BCUT2D eigenvalue weighted by atomic mass is 32.2. The molecule has 156 valence electrons. The Balaban J connectivity index is 1.69. The second kappa shape index (κ2) is 8.96. The maximum absolute atomic E-state index is 13.9. The monoisotopic (exact) mass is 428 g/mol. The Bertz CT molecular complexity index is 1130. The van der Waals surface area contributed by atoms with Gasteiger partial charge in [-0.25, -0.2) is 12.8 Å². The van der Waals surface area contributed by atoms with Crippen LogP contribution >= 0.6 is 0 Å². The summed E-state index contributed by atoms with van der Waals surface area (Å²) in [6.07, 6.45) is 0. The third-order valence-corrected chi connectivity index (χ3v) is 5.87. The average molecular weight is 428 g/mol. The number of methoxy groups -OCH3 is 1. The number of rotatable bonds is 7. The molecule has 0 aromatic heterocycles. The molecule has 1 atom stereocenters. The lowest BCUT2D eigenvalue weighted by molar-refractivity contribution is 0.0939. The van der Waals surface area contributed by atoms with Crippen LogP contribution in [-0.2, 0) is 10.0 Å². The van der Waals surface area contributed by atoms with Crippen LogP contribution in [0.25, 0.3) is 0 Å². The zero-order valence-corrected chi connectivity index (χ0v) is 17.2. The minimum absolute atomic E-state index is 0.0353. The van der Waals surface area contributed by atoms with Gasteiger partial charge >= 0.3 is 0 Å². The van der Waals surface area contributed by atoms with Crippen molar-refractivity contribution in [1.29, 1.82) is 0 Å². The first-order valence-electron chi connectivity index (χ1n) is 9.12. The summed E-state index contributed by atoms with van der Waals surface area (Å²) >= 11 is 0. The van der Waals surface area contributed by atoms with Gasteiger partial charge in [-0.2, -0.15) is 0 Å². The first-order valence-corrected chi connectivity index (χ1v) is 10.6. The molecule has 3 aromatic rings. The quantitative estimate of drug-likeness (QED) is 0.593. The molecule has 1 amide bonds. The Morgan fingerprint density at radius 3 is 2.27 bits per heavy atom. The molecule has 3 rings (SSSR count). The summed E-state index contributed by atoms with van der Waals surface area (Å²) in [6.45, 7) is 1.72. The van der Waals surface area contributed by atoms with E-state index in [-0.39, 0.29) is 16.2 Å². The number of benzene rings is 3. The van der Waals surface area contributed by atoms with Crippen molar-refractivity contribution >= 4 is 21.6 Å². The Morgan fingerprint density at radius 2 is 1.67 bits per heavy atom. The minimum Gasteiger partial charge on any atom is -0.494 e. The van der Waals surface area contributed by atoms with Crippen LogP contribution in [0.1, 0.15) is 28.9 Å². The highest BCUT2D eigenvalue weighted by Gasteiger charge is 2.17. The number of halogens is 1. The van der Waals surface area contributed by atoms with E-state index < -0.39 is 27.8 Å². The molecule has 0 heterocycles. The van der Waals surface area contributed by atoms with Crippen molar-refractivity contribution in [2.45, 2.75) is 17.9 Å². The predicted octanol–water partition coefficient (Wildman–Crippen LogP) is 4.13. The molecular formula is C22H21FN2O4S. The van der Waals surface area contributed by atoms with E-state index >= 15 is 0 Å². The molecule has 8 heteroatoms. The van der Waals surface area contributed by atoms with Crippen LogP contribution in [0.5, 0.6) is 5.75 Å². The van der Waals surface area contributed by atoms with Gasteiger partial charge in [-0.1, -0.05) is 24.3 Å². The SMILES string of the molecule is COc1ccc(C(C)NC(=O)c2ccc(S(=O)(=O)Nc3ccccc3)cc2)cc1F. The lowest BCUT2D eigenvalue weighted by atomic mass is 10.1. The van der Waals surface area contributed by atoms with E-state index in [1.54, 1.807) is 43.3 Å². The summed E-state index contributed by atoms with van der Waals surface area (Å²) in [6, 6.07) is 18.1. The predicted molar refractivity (Wildman–Crippen MR) is 113 cm³/mol. The number of amides is 1. The minimum atomic E-state index is -3.77. The van der Waals surface area contributed by atoms with Crippen molar-refractivity contribution in [1.82, 2.24) is 5.32 Å². The van der Waals surface area contributed by atoms with E-state index in [4.69, 9.17) is 4.74 Å². The number of hydrogen-bond donors (Lipinski definition) is 2. The number of sulfonamides is 1. The molecule has 0 aliphatic heterocycles. The van der Waals surface area contributed by atoms with E-state index in [1.165, 1.54) is 43.5 Å². The number of carbonyl (C=O) groups excluding carboxylic acids is 1. The standard InChI is InChI=1S/C22H21FN2O4S/c1-15(17-10-13-21(29-2)20(23)14-17)24-22(26)16-8-11-19(12-9-16)30(27,28)25-18-6-4-3-5-7-18/h3-15,25H,1-2H3,(H,24,26). The van der Waals surface area contributed by atoms with Crippen LogP contribution in [0.3, 0.4) is 0 Å². The summed E-state index contributed by atoms with van der Waals surface area (Å²) in [4.78, 5) is 12.5. The van der Waals surface area contributed by atoms with Gasteiger partial charge in [0.2, 0.25) is 0 Å². The Labute approximate surface area is 174 Å². The van der Waals surface area contributed by atoms with Crippen molar-refractivity contribution in [3.63, 3.8) is 0 Å². The third kappa shape index (κ3) is 4.96. The van der Waals surface area contributed by atoms with Crippen LogP contribution in [0, 0.1) is 5.82 Å². The third-order valence-electron chi connectivity index (χ3n) is 4.48. The van der Waals surface area contributed by atoms with Gasteiger partial charge in [-0.05, 0) is 61.0 Å². The molecule has 0 saturated carbocycles. The number of anilines is 1. The van der Waals surface area contributed by atoms with Gasteiger partial charge in [0.1, 0.15) is 0 Å². The molecule has 0 fully saturated rings. The molecule has 30 heavy (non-hydrogen) atoms. The summed E-state index contributed by atoms with van der Waals surface area (Å²) < 4.78 is 46.2. The van der Waals surface area contributed by atoms with Gasteiger partial charge in [0.05, 0.1) is 18.0 Å². The molecule has 6 nitrogen and oxygen atoms in total. The van der Waals surface area contributed by atoms with Crippen molar-refractivity contribution < 1.29 is 22.3 Å². The average Bonchev–Trinajstić information content (AvgIpc) is 2.74. The lowest BCUT2D eigenvalue weighted by Crippen LogP contribution is -2.26. The second-order valence-corrected chi connectivity index (χ2v) is 8.27. The van der Waals surface area contributed by atoms with Gasteiger partial charge in [0.15, 0.2) is 11.6 Å². The van der Waals surface area contributed by atoms with E-state index in [2.05, 4.69) is 10.0 Å². The summed E-state index contributed by atoms with van der Waals surface area (Å²) in [7, 11) is -2.39. The summed E-state index contributed by atoms with van der Waals surface area (Å²) in [5, 5.41) is 2.76. The van der Waals surface area contributed by atoms with Gasteiger partial charge in [0, 0.05) is 11.3 Å². The molecule has 0 aliphatic carbocycles. The first kappa shape index (κ1) is 21.3. The summed E-state index contributed by atoms with van der Waals surface area (Å²) in [5.41, 5.74) is 1.31. The molecule has 0 saturated heterocycles. The number of nitrogens with one attached hydrogen (secondary N) is 2. The van der Waals surface area contributed by atoms with Crippen molar-refractivity contribution in [3.05, 3.63) is 89.7 Å². The second-order valence-electron chi connectivity index (χ2n) is 6.59. The van der Waals surface area contributed by atoms with Gasteiger partial charge in [-0.3, -0.25) is 9.52 Å². The zero-order chi connectivity index (χ0) is 21.7. The van der Waals surface area contributed by atoms with Gasteiger partial charge in [-0.15, -0.1) is 0 Å². The van der Waals surface area contributed by atoms with Crippen molar-refractivity contribution in [2.75, 3.05) is 11.8 Å². The highest BCUT2D eigenvalue weighted by Crippen LogP contribution is 2.22. The van der Waals surface area contributed by atoms with E-state index in [0.717, 1.165) is 0 Å². The van der Waals surface area contributed by atoms with Crippen molar-refractivity contribution in [2.24, 2.45) is 0 Å². The molecule has 1 unspecified atom stereocenters. The smallest absolute Gasteiger partial charge is 0.261 e. The van der Waals surface area contributed by atoms with Crippen LogP contribution in [0.4, 0.5) is 10.1 Å². The molecule has 2 N–H and O–H groups in total. The fourth-order valence-electron chi connectivity index (χ4n) is 2.82. The van der Waals surface area contributed by atoms with Gasteiger partial charge < -0.3 is 10.1 Å². The fraction of sp³-hybridized carbons (Fsp3) is 0.136.